The van der Waals surface area contributed by atoms with Crippen molar-refractivity contribution in [2.45, 2.75) is 19.5 Å². The SMILES string of the molecule is COc1ccc(-c2cn(CCn3c(=N)sc4cc(OC(F)(F)F)ccc43)nn2)cc1. The lowest BCUT2D eigenvalue weighted by Crippen LogP contribution is -2.17. The average Bonchev–Trinajstić information content (AvgIpc) is 3.29. The van der Waals surface area contributed by atoms with E-state index in [1.54, 1.807) is 22.6 Å². The molecule has 0 aliphatic heterocycles. The second kappa shape index (κ2) is 7.82. The molecule has 11 heteroatoms. The van der Waals surface area contributed by atoms with E-state index in [0.717, 1.165) is 22.6 Å². The molecule has 0 aliphatic carbocycles. The Balaban J connectivity index is 1.50. The largest absolute Gasteiger partial charge is 0.573 e. The molecule has 0 atom stereocenters. The minimum absolute atomic E-state index is 0.227. The average molecular weight is 435 g/mol. The summed E-state index contributed by atoms with van der Waals surface area (Å²) in [4.78, 5) is 0.227. The Kier molecular flexibility index (Phi) is 5.20. The second-order valence-electron chi connectivity index (χ2n) is 6.33. The van der Waals surface area contributed by atoms with Crippen LogP contribution < -0.4 is 14.3 Å². The van der Waals surface area contributed by atoms with Gasteiger partial charge in [-0.2, -0.15) is 0 Å². The Hall–Kier alpha value is -3.34. The van der Waals surface area contributed by atoms with Crippen molar-refractivity contribution in [3.63, 3.8) is 0 Å². The third-order valence-electron chi connectivity index (χ3n) is 4.38. The van der Waals surface area contributed by atoms with Gasteiger partial charge in [0.2, 0.25) is 0 Å². The highest BCUT2D eigenvalue weighted by molar-refractivity contribution is 7.16. The van der Waals surface area contributed by atoms with Crippen LogP contribution in [0.25, 0.3) is 21.5 Å². The molecule has 0 radical (unpaired) electrons. The highest BCUT2D eigenvalue weighted by Gasteiger charge is 2.31. The molecule has 0 amide bonds. The highest BCUT2D eigenvalue weighted by Crippen LogP contribution is 2.28. The molecule has 0 fully saturated rings. The summed E-state index contributed by atoms with van der Waals surface area (Å²) in [6, 6.07) is 11.5. The van der Waals surface area contributed by atoms with Gasteiger partial charge in [0.05, 0.1) is 30.1 Å². The first-order chi connectivity index (χ1) is 14.3. The topological polar surface area (TPSA) is 78.0 Å². The standard InChI is InChI=1S/C19H16F3N5O2S/c1-28-13-4-2-12(3-5-13)15-11-26(25-24-15)8-9-27-16-7-6-14(29-19(20,21)22)10-17(16)30-18(27)23/h2-7,10-11,23H,8-9H2,1H3. The second-order valence-corrected chi connectivity index (χ2v) is 7.36. The lowest BCUT2D eigenvalue weighted by Gasteiger charge is -2.09. The van der Waals surface area contributed by atoms with E-state index >= 15 is 0 Å². The van der Waals surface area contributed by atoms with Crippen LogP contribution in [0.15, 0.2) is 48.7 Å². The molecule has 4 aromatic rings. The predicted octanol–water partition coefficient (Wildman–Crippen LogP) is 4.05. The number of aromatic nitrogens is 4. The van der Waals surface area contributed by atoms with Crippen LogP contribution in [-0.4, -0.2) is 33.0 Å². The van der Waals surface area contributed by atoms with Crippen LogP contribution in [0.4, 0.5) is 13.2 Å². The predicted molar refractivity (Wildman–Crippen MR) is 104 cm³/mol. The van der Waals surface area contributed by atoms with E-state index in [1.807, 2.05) is 24.3 Å². The zero-order valence-corrected chi connectivity index (χ0v) is 16.5. The molecule has 0 saturated heterocycles. The van der Waals surface area contributed by atoms with Crippen LogP contribution >= 0.6 is 11.3 Å². The van der Waals surface area contributed by atoms with Crippen molar-refractivity contribution in [3.8, 4) is 22.8 Å². The number of methoxy groups -OCH3 is 1. The molecular formula is C19H16F3N5O2S. The first kappa shape index (κ1) is 20.0. The highest BCUT2D eigenvalue weighted by atomic mass is 32.1. The maximum absolute atomic E-state index is 12.4. The van der Waals surface area contributed by atoms with Crippen LogP contribution in [0.2, 0.25) is 0 Å². The number of ether oxygens (including phenoxy) is 2. The smallest absolute Gasteiger partial charge is 0.497 e. The van der Waals surface area contributed by atoms with E-state index in [0.29, 0.717) is 29.0 Å². The summed E-state index contributed by atoms with van der Waals surface area (Å²) in [6.07, 6.45) is -2.95. The number of nitrogens with zero attached hydrogens (tertiary/aromatic N) is 4. The molecule has 0 saturated carbocycles. The number of hydrogen-bond acceptors (Lipinski definition) is 6. The lowest BCUT2D eigenvalue weighted by molar-refractivity contribution is -0.274. The molecule has 0 bridgehead atoms. The zero-order valence-electron chi connectivity index (χ0n) is 15.7. The Morgan fingerprint density at radius 3 is 2.50 bits per heavy atom. The Morgan fingerprint density at radius 1 is 1.07 bits per heavy atom. The molecule has 0 aliphatic rings. The summed E-state index contributed by atoms with van der Waals surface area (Å²) in [5.41, 5.74) is 2.27. The molecule has 30 heavy (non-hydrogen) atoms. The normalized spacial score (nSPS) is 11.7. The number of halogens is 3. The van der Waals surface area contributed by atoms with Crippen molar-refractivity contribution in [1.82, 2.24) is 19.6 Å². The minimum Gasteiger partial charge on any atom is -0.497 e. The number of aryl methyl sites for hydroxylation is 2. The van der Waals surface area contributed by atoms with Gasteiger partial charge in [-0.3, -0.25) is 10.1 Å². The maximum atomic E-state index is 12.4. The van der Waals surface area contributed by atoms with Gasteiger partial charge < -0.3 is 14.0 Å². The van der Waals surface area contributed by atoms with Gasteiger partial charge in [0.1, 0.15) is 17.2 Å². The van der Waals surface area contributed by atoms with Gasteiger partial charge in [0, 0.05) is 12.1 Å². The van der Waals surface area contributed by atoms with Gasteiger partial charge in [-0.05, 0) is 42.5 Å². The van der Waals surface area contributed by atoms with Gasteiger partial charge in [-0.25, -0.2) is 0 Å². The lowest BCUT2D eigenvalue weighted by atomic mass is 10.2. The summed E-state index contributed by atoms with van der Waals surface area (Å²) in [5, 5.41) is 16.4. The van der Waals surface area contributed by atoms with Crippen molar-refractivity contribution in [3.05, 3.63) is 53.5 Å². The number of hydrogen-bond donors (Lipinski definition) is 1. The molecule has 0 unspecified atom stereocenters. The van der Waals surface area contributed by atoms with Gasteiger partial charge in [-0.15, -0.1) is 18.3 Å². The summed E-state index contributed by atoms with van der Waals surface area (Å²) < 4.78 is 50.3. The van der Waals surface area contributed by atoms with E-state index in [-0.39, 0.29) is 10.6 Å². The van der Waals surface area contributed by atoms with Crippen LogP contribution in [0.3, 0.4) is 0 Å². The number of fused-ring (bicyclic) bond motifs is 1. The van der Waals surface area contributed by atoms with Gasteiger partial charge in [0.25, 0.3) is 0 Å². The monoisotopic (exact) mass is 435 g/mol. The quantitative estimate of drug-likeness (QED) is 0.496. The first-order valence-electron chi connectivity index (χ1n) is 8.81. The summed E-state index contributed by atoms with van der Waals surface area (Å²) in [6.45, 7) is 0.871. The summed E-state index contributed by atoms with van der Waals surface area (Å²) in [7, 11) is 1.60. The fourth-order valence-corrected chi connectivity index (χ4v) is 3.96. The van der Waals surface area contributed by atoms with Gasteiger partial charge in [-0.1, -0.05) is 16.6 Å². The van der Waals surface area contributed by atoms with E-state index < -0.39 is 6.36 Å². The summed E-state index contributed by atoms with van der Waals surface area (Å²) in [5.74, 6) is 0.447. The first-order valence-corrected chi connectivity index (χ1v) is 9.62. The number of benzene rings is 2. The molecular weight excluding hydrogens is 419 g/mol. The third kappa shape index (κ3) is 4.30. The van der Waals surface area contributed by atoms with Gasteiger partial charge in [0.15, 0.2) is 4.80 Å². The van der Waals surface area contributed by atoms with Crippen molar-refractivity contribution in [1.29, 1.82) is 5.41 Å². The zero-order chi connectivity index (χ0) is 21.3. The molecule has 4 rings (SSSR count). The Bertz CT molecular complexity index is 1230. The Morgan fingerprint density at radius 2 is 1.80 bits per heavy atom. The maximum Gasteiger partial charge on any atom is 0.573 e. The van der Waals surface area contributed by atoms with E-state index in [1.165, 1.54) is 18.2 Å². The molecule has 7 nitrogen and oxygen atoms in total. The Labute approximate surface area is 172 Å². The van der Waals surface area contributed by atoms with E-state index in [9.17, 15) is 13.2 Å². The van der Waals surface area contributed by atoms with Gasteiger partial charge >= 0.3 is 6.36 Å². The van der Waals surface area contributed by atoms with Crippen molar-refractivity contribution in [2.24, 2.45) is 0 Å². The van der Waals surface area contributed by atoms with Crippen LogP contribution in [0.1, 0.15) is 0 Å². The number of rotatable bonds is 6. The third-order valence-corrected chi connectivity index (χ3v) is 5.35. The fourth-order valence-electron chi connectivity index (χ4n) is 2.99. The fraction of sp³-hybridized carbons (Fsp3) is 0.211. The number of alkyl halides is 3. The van der Waals surface area contributed by atoms with Crippen LogP contribution in [0.5, 0.6) is 11.5 Å². The van der Waals surface area contributed by atoms with Crippen LogP contribution in [-0.2, 0) is 13.1 Å². The molecule has 2 aromatic heterocycles. The molecule has 2 heterocycles. The summed E-state index contributed by atoms with van der Waals surface area (Å²) >= 11 is 1.08. The molecule has 156 valence electrons. The molecule has 2 aromatic carbocycles. The van der Waals surface area contributed by atoms with Crippen molar-refractivity contribution < 1.29 is 22.6 Å². The van der Waals surface area contributed by atoms with E-state index in [4.69, 9.17) is 10.1 Å². The molecule has 1 N–H and O–H groups in total. The number of nitrogens with one attached hydrogen (secondary N) is 1. The minimum atomic E-state index is -4.75. The van der Waals surface area contributed by atoms with E-state index in [2.05, 4.69) is 15.0 Å². The number of thiazole rings is 1. The van der Waals surface area contributed by atoms with Crippen molar-refractivity contribution >= 4 is 21.6 Å². The van der Waals surface area contributed by atoms with Crippen molar-refractivity contribution in [2.75, 3.05) is 7.11 Å². The van der Waals surface area contributed by atoms with Crippen LogP contribution in [0, 0.1) is 5.41 Å². The molecule has 0 spiro atoms.